The van der Waals surface area contributed by atoms with Crippen LogP contribution in [0.1, 0.15) is 76.1 Å². The molecule has 1 spiro atoms. The lowest BCUT2D eigenvalue weighted by atomic mass is 9.77. The van der Waals surface area contributed by atoms with Crippen LogP contribution in [0.5, 0.6) is 0 Å². The number of aromatic nitrogens is 1. The largest absolute Gasteiger partial charge is 0.465 e. The van der Waals surface area contributed by atoms with Gasteiger partial charge in [-0.15, -0.1) is 11.3 Å². The SMILES string of the molecule is CC(C)(C)N(C(=O)O)c1sc(-c2ccccn2)cc1C(=O)N1CCC(N2CCCC3(CC(=O)N(C4CC4)C3=O)C2)CC1. The zero-order chi connectivity index (χ0) is 29.8. The first-order chi connectivity index (χ1) is 20.0. The van der Waals surface area contributed by atoms with Crippen LogP contribution in [-0.4, -0.2) is 92.4 Å². The van der Waals surface area contributed by atoms with Gasteiger partial charge < -0.3 is 10.0 Å². The summed E-state index contributed by atoms with van der Waals surface area (Å²) in [5.41, 5.74) is -0.270. The number of imide groups is 1. The van der Waals surface area contributed by atoms with Gasteiger partial charge in [0.25, 0.3) is 5.91 Å². The lowest BCUT2D eigenvalue weighted by molar-refractivity contribution is -0.143. The zero-order valence-corrected chi connectivity index (χ0v) is 25.4. The fourth-order valence-corrected chi connectivity index (χ4v) is 8.25. The van der Waals surface area contributed by atoms with E-state index < -0.39 is 17.0 Å². The third-order valence-corrected chi connectivity index (χ3v) is 10.3. The van der Waals surface area contributed by atoms with Gasteiger partial charge in [0.2, 0.25) is 11.8 Å². The standard InChI is InChI=1S/C31H39N5O5S/c1-30(2,3)36(29(40)41)27-22(17-24(42-27)23-7-4-5-13-32-23)26(38)33-15-10-20(11-16-33)34-14-6-12-31(19-34)18-25(37)35(28(31)39)21-8-9-21/h4-5,7,13,17,20-21H,6,8-12,14-16,18-19H2,1-3H3,(H,40,41). The van der Waals surface area contributed by atoms with E-state index in [9.17, 15) is 24.3 Å². The van der Waals surface area contributed by atoms with Crippen molar-refractivity contribution in [1.29, 1.82) is 0 Å². The molecule has 2 aromatic heterocycles. The van der Waals surface area contributed by atoms with Crippen molar-refractivity contribution >= 4 is 40.2 Å². The minimum Gasteiger partial charge on any atom is -0.465 e. The smallest absolute Gasteiger partial charge is 0.412 e. The maximum Gasteiger partial charge on any atom is 0.412 e. The second-order valence-electron chi connectivity index (χ2n) is 13.2. The number of amides is 4. The monoisotopic (exact) mass is 593 g/mol. The predicted octanol–water partition coefficient (Wildman–Crippen LogP) is 4.70. The Morgan fingerprint density at radius 2 is 1.81 bits per heavy atom. The van der Waals surface area contributed by atoms with Gasteiger partial charge >= 0.3 is 6.09 Å². The number of anilines is 1. The molecule has 2 aromatic rings. The second kappa shape index (κ2) is 10.8. The van der Waals surface area contributed by atoms with Gasteiger partial charge in [-0.25, -0.2) is 4.79 Å². The van der Waals surface area contributed by atoms with Crippen molar-refractivity contribution in [2.24, 2.45) is 5.41 Å². The fraction of sp³-hybridized carbons (Fsp3) is 0.581. The third-order valence-electron chi connectivity index (χ3n) is 9.14. The molecule has 1 atom stereocenters. The summed E-state index contributed by atoms with van der Waals surface area (Å²) < 4.78 is 0. The Balaban J connectivity index is 1.18. The van der Waals surface area contributed by atoms with Crippen molar-refractivity contribution in [2.75, 3.05) is 31.1 Å². The van der Waals surface area contributed by atoms with Crippen molar-refractivity contribution in [3.8, 4) is 10.6 Å². The number of carbonyl (C=O) groups excluding carboxylic acids is 3. The molecule has 10 nitrogen and oxygen atoms in total. The molecule has 6 rings (SSSR count). The molecule has 1 N–H and O–H groups in total. The van der Waals surface area contributed by atoms with Crippen LogP contribution in [0.2, 0.25) is 0 Å². The molecule has 42 heavy (non-hydrogen) atoms. The maximum atomic E-state index is 14.0. The Bertz CT molecular complexity index is 1390. The molecule has 0 bridgehead atoms. The summed E-state index contributed by atoms with van der Waals surface area (Å²) in [6.45, 7) is 8.06. The van der Waals surface area contributed by atoms with Crippen LogP contribution in [0.15, 0.2) is 30.5 Å². The van der Waals surface area contributed by atoms with Gasteiger partial charge in [0.05, 0.1) is 21.5 Å². The van der Waals surface area contributed by atoms with Gasteiger partial charge in [-0.1, -0.05) is 6.07 Å². The molecule has 224 valence electrons. The average molecular weight is 594 g/mol. The van der Waals surface area contributed by atoms with Crippen molar-refractivity contribution in [1.82, 2.24) is 19.7 Å². The van der Waals surface area contributed by atoms with Crippen LogP contribution in [0.3, 0.4) is 0 Å². The molecule has 3 saturated heterocycles. The molecule has 4 fully saturated rings. The van der Waals surface area contributed by atoms with E-state index in [2.05, 4.69) is 9.88 Å². The number of carbonyl (C=O) groups is 4. The van der Waals surface area contributed by atoms with Gasteiger partial charge in [-0.05, 0) is 84.0 Å². The summed E-state index contributed by atoms with van der Waals surface area (Å²) in [6.07, 6.45) is 5.95. The lowest BCUT2D eigenvalue weighted by Crippen LogP contribution is -2.54. The summed E-state index contributed by atoms with van der Waals surface area (Å²) in [5.74, 6) is -0.154. The summed E-state index contributed by atoms with van der Waals surface area (Å²) >= 11 is 1.27. The fourth-order valence-electron chi connectivity index (χ4n) is 6.94. The molecular formula is C31H39N5O5S. The minimum atomic E-state index is -1.11. The maximum absolute atomic E-state index is 14.0. The molecule has 4 aliphatic rings. The normalized spacial score (nSPS) is 24.1. The van der Waals surface area contributed by atoms with E-state index in [4.69, 9.17) is 0 Å². The van der Waals surface area contributed by atoms with E-state index in [1.807, 2.05) is 43.9 Å². The summed E-state index contributed by atoms with van der Waals surface area (Å²) in [7, 11) is 0. The Hall–Kier alpha value is -3.31. The highest BCUT2D eigenvalue weighted by Gasteiger charge is 2.56. The van der Waals surface area contributed by atoms with Crippen LogP contribution < -0.4 is 4.90 Å². The minimum absolute atomic E-state index is 0.00735. The number of hydrogen-bond acceptors (Lipinski definition) is 7. The van der Waals surface area contributed by atoms with E-state index in [0.717, 1.165) is 49.9 Å². The number of pyridine rings is 1. The van der Waals surface area contributed by atoms with Crippen LogP contribution >= 0.6 is 11.3 Å². The Morgan fingerprint density at radius 1 is 1.07 bits per heavy atom. The molecule has 0 radical (unpaired) electrons. The van der Waals surface area contributed by atoms with Gasteiger partial charge in [-0.2, -0.15) is 0 Å². The third kappa shape index (κ3) is 5.21. The first kappa shape index (κ1) is 28.8. The van der Waals surface area contributed by atoms with Crippen LogP contribution in [-0.2, 0) is 9.59 Å². The van der Waals surface area contributed by atoms with Gasteiger partial charge in [0.1, 0.15) is 5.00 Å². The highest BCUT2D eigenvalue weighted by molar-refractivity contribution is 7.20. The Morgan fingerprint density at radius 3 is 2.43 bits per heavy atom. The second-order valence-corrected chi connectivity index (χ2v) is 14.2. The van der Waals surface area contributed by atoms with Gasteiger partial charge in [-0.3, -0.25) is 34.1 Å². The van der Waals surface area contributed by atoms with E-state index in [1.54, 1.807) is 17.2 Å². The zero-order valence-electron chi connectivity index (χ0n) is 24.5. The summed E-state index contributed by atoms with van der Waals surface area (Å²) in [5, 5.41) is 10.6. The molecule has 3 aliphatic heterocycles. The predicted molar refractivity (Wildman–Crippen MR) is 159 cm³/mol. The molecule has 0 aromatic carbocycles. The molecule has 1 saturated carbocycles. The lowest BCUT2D eigenvalue weighted by Gasteiger charge is -2.45. The highest BCUT2D eigenvalue weighted by Crippen LogP contribution is 2.46. The first-order valence-electron chi connectivity index (χ1n) is 15.0. The molecule has 5 heterocycles. The number of carboxylic acid groups (broad SMARTS) is 1. The topological polar surface area (TPSA) is 114 Å². The summed E-state index contributed by atoms with van der Waals surface area (Å²) in [6, 6.07) is 7.68. The van der Waals surface area contributed by atoms with Crippen molar-refractivity contribution in [3.63, 3.8) is 0 Å². The number of thiophene rings is 1. The van der Waals surface area contributed by atoms with Crippen LogP contribution in [0.4, 0.5) is 9.80 Å². The van der Waals surface area contributed by atoms with Gasteiger partial charge in [0.15, 0.2) is 0 Å². The van der Waals surface area contributed by atoms with Crippen LogP contribution in [0.25, 0.3) is 10.6 Å². The van der Waals surface area contributed by atoms with E-state index in [1.165, 1.54) is 16.2 Å². The molecule has 4 amide bonds. The number of nitrogens with zero attached hydrogens (tertiary/aromatic N) is 5. The number of likely N-dealkylation sites (tertiary alicyclic amines) is 3. The summed E-state index contributed by atoms with van der Waals surface area (Å²) in [4.78, 5) is 64.7. The van der Waals surface area contributed by atoms with Crippen molar-refractivity contribution in [3.05, 3.63) is 36.0 Å². The van der Waals surface area contributed by atoms with Gasteiger partial charge in [0, 0.05) is 49.9 Å². The average Bonchev–Trinajstić information content (AvgIpc) is 3.65. The number of hydrogen-bond donors (Lipinski definition) is 1. The van der Waals surface area contributed by atoms with E-state index >= 15 is 0 Å². The molecule has 11 heteroatoms. The van der Waals surface area contributed by atoms with Crippen LogP contribution in [0, 0.1) is 5.41 Å². The Labute approximate surface area is 250 Å². The first-order valence-corrected chi connectivity index (χ1v) is 15.8. The molecular weight excluding hydrogens is 554 g/mol. The van der Waals surface area contributed by atoms with E-state index in [-0.39, 0.29) is 29.8 Å². The molecule has 1 unspecified atom stereocenters. The van der Waals surface area contributed by atoms with Crippen molar-refractivity contribution < 1.29 is 24.3 Å². The number of rotatable bonds is 5. The van der Waals surface area contributed by atoms with E-state index in [0.29, 0.717) is 42.3 Å². The molecule has 1 aliphatic carbocycles. The quantitative estimate of drug-likeness (QED) is 0.500. The Kier molecular flexibility index (Phi) is 7.37. The van der Waals surface area contributed by atoms with Crippen molar-refractivity contribution in [2.45, 2.75) is 83.3 Å². The highest BCUT2D eigenvalue weighted by atomic mass is 32.1. The number of piperidine rings is 2.